The normalized spacial score (nSPS) is 17.4. The predicted octanol–water partition coefficient (Wildman–Crippen LogP) is 9.67. The van der Waals surface area contributed by atoms with E-state index in [1.807, 2.05) is 12.1 Å². The molecule has 3 nitrogen and oxygen atoms in total. The second kappa shape index (κ2) is 12.8. The van der Waals surface area contributed by atoms with Crippen LogP contribution in [0.5, 0.6) is 11.5 Å². The van der Waals surface area contributed by atoms with Gasteiger partial charge in [0.15, 0.2) is 23.6 Å². The Labute approximate surface area is 227 Å². The molecule has 0 aromatic heterocycles. The summed E-state index contributed by atoms with van der Waals surface area (Å²) in [6, 6.07) is 10.9. The van der Waals surface area contributed by atoms with Crippen molar-refractivity contribution in [1.29, 1.82) is 0 Å². The third-order valence-corrected chi connectivity index (χ3v) is 6.72. The summed E-state index contributed by atoms with van der Waals surface area (Å²) in [5, 5.41) is 0. The van der Waals surface area contributed by atoms with Gasteiger partial charge in [-0.3, -0.25) is 0 Å². The summed E-state index contributed by atoms with van der Waals surface area (Å²) in [6.07, 6.45) is -1.43. The highest BCUT2D eigenvalue weighted by molar-refractivity contribution is 5.64. The summed E-state index contributed by atoms with van der Waals surface area (Å²) in [5.41, 5.74) is 0.745. The number of unbranched alkanes of at least 4 members (excludes halogenated alkanes) is 1. The largest absolute Gasteiger partial charge is 0.453 e. The number of rotatable bonds is 10. The van der Waals surface area contributed by atoms with Gasteiger partial charge in [0.25, 0.3) is 0 Å². The van der Waals surface area contributed by atoms with Gasteiger partial charge in [-0.05, 0) is 54.0 Å². The number of hydrogen-bond acceptors (Lipinski definition) is 3. The third-order valence-electron chi connectivity index (χ3n) is 6.72. The van der Waals surface area contributed by atoms with Gasteiger partial charge in [-0.2, -0.15) is 17.6 Å². The van der Waals surface area contributed by atoms with E-state index in [0.717, 1.165) is 43.4 Å². The van der Waals surface area contributed by atoms with Crippen LogP contribution in [0.3, 0.4) is 0 Å². The molecule has 3 aromatic carbocycles. The summed E-state index contributed by atoms with van der Waals surface area (Å²) in [4.78, 5) is 0. The lowest BCUT2D eigenvalue weighted by Gasteiger charge is -2.29. The van der Waals surface area contributed by atoms with Gasteiger partial charge in [0.05, 0.1) is 18.3 Å². The van der Waals surface area contributed by atoms with Crippen molar-refractivity contribution >= 4 is 0 Å². The van der Waals surface area contributed by atoms with Gasteiger partial charge in [-0.1, -0.05) is 50.1 Å². The summed E-state index contributed by atoms with van der Waals surface area (Å²) < 4.78 is 111. The van der Waals surface area contributed by atoms with Crippen molar-refractivity contribution in [3.8, 4) is 22.6 Å². The van der Waals surface area contributed by atoms with Crippen LogP contribution in [-0.4, -0.2) is 6.61 Å². The van der Waals surface area contributed by atoms with Crippen LogP contribution < -0.4 is 9.47 Å². The monoisotopic (exact) mass is 568 g/mol. The molecular weight excluding hydrogens is 541 g/mol. The Morgan fingerprint density at radius 2 is 1.60 bits per heavy atom. The van der Waals surface area contributed by atoms with Crippen LogP contribution in [0.4, 0.5) is 30.7 Å². The Kier molecular flexibility index (Phi) is 9.40. The van der Waals surface area contributed by atoms with Crippen molar-refractivity contribution in [2.75, 3.05) is 6.61 Å². The highest BCUT2D eigenvalue weighted by Gasteiger charge is 2.38. The van der Waals surface area contributed by atoms with Gasteiger partial charge in [0.2, 0.25) is 0 Å². The zero-order valence-corrected chi connectivity index (χ0v) is 21.5. The standard InChI is InChI=1S/C30H27F7O3/c1-2-3-4-18-5-12-27(38-16-18)20-8-6-19(7-9-20)21-10-11-23(24(31)13-21)30(36,37)40-22-14-25(32)29(26(33)15-22)39-17-28(34)35/h6-11,13-15,17-18,27H,2-5,12,16H2,1H3. The first-order chi connectivity index (χ1) is 19.1. The maximum absolute atomic E-state index is 14.8. The number of alkyl halides is 2. The minimum absolute atomic E-state index is 0.0292. The smallest absolute Gasteiger partial charge is 0.429 e. The highest BCUT2D eigenvalue weighted by atomic mass is 19.3. The Morgan fingerprint density at radius 1 is 0.925 bits per heavy atom. The molecule has 0 amide bonds. The minimum Gasteiger partial charge on any atom is -0.453 e. The van der Waals surface area contributed by atoms with Crippen molar-refractivity contribution in [3.05, 3.63) is 95.5 Å². The van der Waals surface area contributed by atoms with Gasteiger partial charge in [0.1, 0.15) is 11.6 Å². The van der Waals surface area contributed by atoms with E-state index in [4.69, 9.17) is 4.74 Å². The van der Waals surface area contributed by atoms with Crippen LogP contribution in [0.15, 0.2) is 66.9 Å². The van der Waals surface area contributed by atoms with E-state index in [9.17, 15) is 30.7 Å². The fourth-order valence-electron chi connectivity index (χ4n) is 4.62. The first-order valence-corrected chi connectivity index (χ1v) is 12.8. The highest BCUT2D eigenvalue weighted by Crippen LogP contribution is 2.38. The first kappa shape index (κ1) is 29.5. The maximum atomic E-state index is 14.8. The molecule has 1 fully saturated rings. The van der Waals surface area contributed by atoms with Crippen molar-refractivity contribution in [2.24, 2.45) is 5.92 Å². The Morgan fingerprint density at radius 3 is 2.17 bits per heavy atom. The molecular formula is C30H27F7O3. The molecule has 1 aliphatic heterocycles. The summed E-state index contributed by atoms with van der Waals surface area (Å²) in [5.74, 6) is -6.12. The fraction of sp³-hybridized carbons (Fsp3) is 0.333. The molecule has 2 unspecified atom stereocenters. The third kappa shape index (κ3) is 7.15. The van der Waals surface area contributed by atoms with Gasteiger partial charge in [-0.15, -0.1) is 0 Å². The molecule has 1 heterocycles. The van der Waals surface area contributed by atoms with Crippen molar-refractivity contribution in [2.45, 2.75) is 51.2 Å². The molecule has 4 rings (SSSR count). The van der Waals surface area contributed by atoms with Crippen molar-refractivity contribution < 1.29 is 44.9 Å². The Hall–Kier alpha value is -3.53. The zero-order valence-electron chi connectivity index (χ0n) is 21.5. The maximum Gasteiger partial charge on any atom is 0.429 e. The molecule has 0 aliphatic carbocycles. The first-order valence-electron chi connectivity index (χ1n) is 12.8. The van der Waals surface area contributed by atoms with Crippen LogP contribution in [0.2, 0.25) is 0 Å². The quantitative estimate of drug-likeness (QED) is 0.180. The second-order valence-corrected chi connectivity index (χ2v) is 9.58. The summed E-state index contributed by atoms with van der Waals surface area (Å²) in [7, 11) is 0. The molecule has 0 bridgehead atoms. The molecule has 1 saturated heterocycles. The van der Waals surface area contributed by atoms with E-state index in [1.165, 1.54) is 12.5 Å². The van der Waals surface area contributed by atoms with Gasteiger partial charge < -0.3 is 14.2 Å². The minimum atomic E-state index is -4.31. The summed E-state index contributed by atoms with van der Waals surface area (Å²) >= 11 is 0. The average molecular weight is 569 g/mol. The Bertz CT molecular complexity index is 1310. The lowest BCUT2D eigenvalue weighted by atomic mass is 9.90. The molecule has 10 heteroatoms. The lowest BCUT2D eigenvalue weighted by Crippen LogP contribution is -2.23. The average Bonchev–Trinajstić information content (AvgIpc) is 2.91. The van der Waals surface area contributed by atoms with E-state index >= 15 is 0 Å². The van der Waals surface area contributed by atoms with E-state index in [2.05, 4.69) is 16.4 Å². The van der Waals surface area contributed by atoms with Gasteiger partial charge >= 0.3 is 12.2 Å². The van der Waals surface area contributed by atoms with Crippen molar-refractivity contribution in [3.63, 3.8) is 0 Å². The molecule has 0 radical (unpaired) electrons. The molecule has 3 aromatic rings. The molecule has 214 valence electrons. The molecule has 2 atom stereocenters. The molecule has 0 spiro atoms. The van der Waals surface area contributed by atoms with Crippen LogP contribution in [-0.2, 0) is 10.8 Å². The molecule has 1 aliphatic rings. The molecule has 40 heavy (non-hydrogen) atoms. The van der Waals surface area contributed by atoms with E-state index < -0.39 is 46.7 Å². The van der Waals surface area contributed by atoms with Crippen LogP contribution >= 0.6 is 0 Å². The van der Waals surface area contributed by atoms with E-state index in [-0.39, 0.29) is 12.4 Å². The van der Waals surface area contributed by atoms with E-state index in [1.54, 1.807) is 12.1 Å². The number of benzene rings is 3. The summed E-state index contributed by atoms with van der Waals surface area (Å²) in [6.45, 7) is 2.87. The fourth-order valence-corrected chi connectivity index (χ4v) is 4.62. The van der Waals surface area contributed by atoms with Gasteiger partial charge in [-0.25, -0.2) is 13.2 Å². The molecule has 0 saturated carbocycles. The van der Waals surface area contributed by atoms with Crippen LogP contribution in [0.1, 0.15) is 56.3 Å². The number of ether oxygens (including phenoxy) is 3. The SMILES string of the molecule is CCCCC1CCC(c2ccc(-c3ccc(C(F)(F)Oc4cc(F)c(OC=C(F)F)c(F)c4)c(F)c3)cc2)OC1. The van der Waals surface area contributed by atoms with E-state index in [0.29, 0.717) is 35.8 Å². The molecule has 0 N–H and O–H groups in total. The number of halogens is 7. The number of hydrogen-bond donors (Lipinski definition) is 0. The Balaban J connectivity index is 1.44. The zero-order chi connectivity index (χ0) is 28.9. The van der Waals surface area contributed by atoms with Crippen LogP contribution in [0.25, 0.3) is 11.1 Å². The lowest BCUT2D eigenvalue weighted by molar-refractivity contribution is -0.187. The van der Waals surface area contributed by atoms with Crippen LogP contribution in [0, 0.1) is 23.4 Å². The van der Waals surface area contributed by atoms with Gasteiger partial charge in [0, 0.05) is 12.1 Å². The predicted molar refractivity (Wildman–Crippen MR) is 135 cm³/mol. The van der Waals surface area contributed by atoms with Crippen molar-refractivity contribution in [1.82, 2.24) is 0 Å². The second-order valence-electron chi connectivity index (χ2n) is 9.58. The topological polar surface area (TPSA) is 27.7 Å².